The Labute approximate surface area is 123 Å². The SMILES string of the molecule is CCc1nn(CC)c(CNc2ccc(C)c(F)c2)c1Cl. The van der Waals surface area contributed by atoms with E-state index in [1.165, 1.54) is 6.07 Å². The van der Waals surface area contributed by atoms with Crippen molar-refractivity contribution >= 4 is 17.3 Å². The molecule has 0 unspecified atom stereocenters. The summed E-state index contributed by atoms with van der Waals surface area (Å²) in [5, 5.41) is 8.36. The summed E-state index contributed by atoms with van der Waals surface area (Å²) in [5.74, 6) is -0.209. The molecule has 5 heteroatoms. The predicted molar refractivity (Wildman–Crippen MR) is 80.8 cm³/mol. The minimum absolute atomic E-state index is 0.209. The molecule has 1 aromatic carbocycles. The number of benzene rings is 1. The Balaban J connectivity index is 2.17. The normalized spacial score (nSPS) is 10.8. The van der Waals surface area contributed by atoms with Gasteiger partial charge in [0, 0.05) is 12.2 Å². The van der Waals surface area contributed by atoms with Crippen LogP contribution in [-0.4, -0.2) is 9.78 Å². The average Bonchev–Trinajstić information content (AvgIpc) is 2.76. The lowest BCUT2D eigenvalue weighted by Crippen LogP contribution is -2.08. The maximum atomic E-state index is 13.5. The van der Waals surface area contributed by atoms with E-state index < -0.39 is 0 Å². The lowest BCUT2D eigenvalue weighted by atomic mass is 10.2. The third-order valence-electron chi connectivity index (χ3n) is 3.33. The van der Waals surface area contributed by atoms with Crippen LogP contribution in [0.1, 0.15) is 30.8 Å². The number of hydrogen-bond acceptors (Lipinski definition) is 2. The van der Waals surface area contributed by atoms with Crippen LogP contribution in [0, 0.1) is 12.7 Å². The largest absolute Gasteiger partial charge is 0.379 e. The Morgan fingerprint density at radius 3 is 2.70 bits per heavy atom. The number of nitrogens with one attached hydrogen (secondary N) is 1. The first-order valence-electron chi connectivity index (χ1n) is 6.80. The van der Waals surface area contributed by atoms with Crippen LogP contribution in [0.5, 0.6) is 0 Å². The minimum atomic E-state index is -0.209. The molecule has 0 fully saturated rings. The monoisotopic (exact) mass is 295 g/mol. The van der Waals surface area contributed by atoms with Gasteiger partial charge in [-0.05, 0) is 38.0 Å². The van der Waals surface area contributed by atoms with E-state index >= 15 is 0 Å². The lowest BCUT2D eigenvalue weighted by Gasteiger charge is -2.09. The Kier molecular flexibility index (Phi) is 4.65. The summed E-state index contributed by atoms with van der Waals surface area (Å²) in [5.41, 5.74) is 3.22. The molecule has 0 saturated carbocycles. The van der Waals surface area contributed by atoms with Crippen LogP contribution < -0.4 is 5.32 Å². The van der Waals surface area contributed by atoms with Crippen LogP contribution in [0.4, 0.5) is 10.1 Å². The summed E-state index contributed by atoms with van der Waals surface area (Å²) < 4.78 is 15.4. The highest BCUT2D eigenvalue weighted by Crippen LogP contribution is 2.23. The topological polar surface area (TPSA) is 29.9 Å². The molecule has 2 rings (SSSR count). The zero-order valence-corrected chi connectivity index (χ0v) is 12.8. The Morgan fingerprint density at radius 2 is 2.10 bits per heavy atom. The first kappa shape index (κ1) is 14.9. The van der Waals surface area contributed by atoms with E-state index in [0.717, 1.165) is 30.0 Å². The molecule has 1 aromatic heterocycles. The molecule has 1 heterocycles. The molecule has 0 bridgehead atoms. The highest BCUT2D eigenvalue weighted by Gasteiger charge is 2.13. The number of rotatable bonds is 5. The Hall–Kier alpha value is -1.55. The zero-order chi connectivity index (χ0) is 14.7. The van der Waals surface area contributed by atoms with Gasteiger partial charge in [0.05, 0.1) is 23.0 Å². The summed E-state index contributed by atoms with van der Waals surface area (Å²) in [6, 6.07) is 5.12. The minimum Gasteiger partial charge on any atom is -0.379 e. The molecule has 20 heavy (non-hydrogen) atoms. The van der Waals surface area contributed by atoms with E-state index in [2.05, 4.69) is 10.4 Å². The number of hydrogen-bond donors (Lipinski definition) is 1. The maximum Gasteiger partial charge on any atom is 0.128 e. The van der Waals surface area contributed by atoms with E-state index in [4.69, 9.17) is 11.6 Å². The second-order valence-electron chi connectivity index (χ2n) is 4.69. The highest BCUT2D eigenvalue weighted by molar-refractivity contribution is 6.31. The van der Waals surface area contributed by atoms with Crippen molar-refractivity contribution < 1.29 is 4.39 Å². The van der Waals surface area contributed by atoms with Crippen molar-refractivity contribution in [3.05, 3.63) is 46.0 Å². The highest BCUT2D eigenvalue weighted by atomic mass is 35.5. The van der Waals surface area contributed by atoms with Gasteiger partial charge in [0.25, 0.3) is 0 Å². The van der Waals surface area contributed by atoms with Crippen molar-refractivity contribution in [3.63, 3.8) is 0 Å². The van der Waals surface area contributed by atoms with E-state index in [9.17, 15) is 4.39 Å². The molecule has 0 aliphatic carbocycles. The first-order valence-corrected chi connectivity index (χ1v) is 7.18. The van der Waals surface area contributed by atoms with Crippen LogP contribution in [0.15, 0.2) is 18.2 Å². The quantitative estimate of drug-likeness (QED) is 0.897. The summed E-state index contributed by atoms with van der Waals surface area (Å²) in [7, 11) is 0. The molecule has 0 radical (unpaired) electrons. The maximum absolute atomic E-state index is 13.5. The van der Waals surface area contributed by atoms with Gasteiger partial charge < -0.3 is 5.32 Å². The number of halogens is 2. The smallest absolute Gasteiger partial charge is 0.128 e. The van der Waals surface area contributed by atoms with Gasteiger partial charge >= 0.3 is 0 Å². The van der Waals surface area contributed by atoms with Crippen LogP contribution in [0.25, 0.3) is 0 Å². The fourth-order valence-electron chi connectivity index (χ4n) is 2.07. The van der Waals surface area contributed by atoms with Gasteiger partial charge in [0.15, 0.2) is 0 Å². The molecule has 0 atom stereocenters. The molecule has 0 aliphatic heterocycles. The van der Waals surface area contributed by atoms with Gasteiger partial charge in [-0.25, -0.2) is 4.39 Å². The van der Waals surface area contributed by atoms with Crippen molar-refractivity contribution in [3.8, 4) is 0 Å². The molecule has 2 aromatic rings. The molecule has 3 nitrogen and oxygen atoms in total. The van der Waals surface area contributed by atoms with E-state index in [0.29, 0.717) is 17.1 Å². The van der Waals surface area contributed by atoms with E-state index in [1.54, 1.807) is 13.0 Å². The molecule has 0 saturated heterocycles. The number of aromatic nitrogens is 2. The van der Waals surface area contributed by atoms with Gasteiger partial charge in [-0.2, -0.15) is 5.10 Å². The van der Waals surface area contributed by atoms with Gasteiger partial charge in [0.1, 0.15) is 5.82 Å². The van der Waals surface area contributed by atoms with Crippen molar-refractivity contribution in [2.75, 3.05) is 5.32 Å². The third-order valence-corrected chi connectivity index (χ3v) is 3.76. The Bertz CT molecular complexity index is 607. The average molecular weight is 296 g/mol. The second kappa shape index (κ2) is 6.27. The van der Waals surface area contributed by atoms with Crippen LogP contribution in [0.3, 0.4) is 0 Å². The van der Waals surface area contributed by atoms with Gasteiger partial charge in [0.2, 0.25) is 0 Å². The summed E-state index contributed by atoms with van der Waals surface area (Å²) in [6.07, 6.45) is 0.804. The van der Waals surface area contributed by atoms with Crippen LogP contribution in [0.2, 0.25) is 5.02 Å². The number of aryl methyl sites for hydroxylation is 3. The molecule has 0 amide bonds. The van der Waals surface area contributed by atoms with Crippen LogP contribution in [-0.2, 0) is 19.5 Å². The zero-order valence-electron chi connectivity index (χ0n) is 12.0. The van der Waals surface area contributed by atoms with Crippen molar-refractivity contribution in [1.29, 1.82) is 0 Å². The molecule has 0 aliphatic rings. The van der Waals surface area contributed by atoms with E-state index in [-0.39, 0.29) is 5.82 Å². The van der Waals surface area contributed by atoms with Crippen molar-refractivity contribution in [2.45, 2.75) is 40.3 Å². The van der Waals surface area contributed by atoms with Crippen molar-refractivity contribution in [2.24, 2.45) is 0 Å². The fraction of sp³-hybridized carbons (Fsp3) is 0.400. The summed E-state index contributed by atoms with van der Waals surface area (Å²) in [4.78, 5) is 0. The van der Waals surface area contributed by atoms with Crippen molar-refractivity contribution in [1.82, 2.24) is 9.78 Å². The fourth-order valence-corrected chi connectivity index (χ4v) is 2.41. The lowest BCUT2D eigenvalue weighted by molar-refractivity contribution is 0.615. The summed E-state index contributed by atoms with van der Waals surface area (Å²) in [6.45, 7) is 7.09. The van der Waals surface area contributed by atoms with Gasteiger partial charge in [-0.3, -0.25) is 4.68 Å². The van der Waals surface area contributed by atoms with E-state index in [1.807, 2.05) is 24.6 Å². The number of anilines is 1. The number of nitrogens with zero attached hydrogens (tertiary/aromatic N) is 2. The third kappa shape index (κ3) is 2.96. The van der Waals surface area contributed by atoms with Crippen LogP contribution >= 0.6 is 11.6 Å². The van der Waals surface area contributed by atoms with Gasteiger partial charge in [-0.15, -0.1) is 0 Å². The second-order valence-corrected chi connectivity index (χ2v) is 5.07. The molecular weight excluding hydrogens is 277 g/mol. The molecule has 1 N–H and O–H groups in total. The first-order chi connectivity index (χ1) is 9.56. The van der Waals surface area contributed by atoms with Gasteiger partial charge in [-0.1, -0.05) is 24.6 Å². The predicted octanol–water partition coefficient (Wildman–Crippen LogP) is 4.18. The Morgan fingerprint density at radius 1 is 1.35 bits per heavy atom. The summed E-state index contributed by atoms with van der Waals surface area (Å²) >= 11 is 6.33. The molecule has 108 valence electrons. The standard InChI is InChI=1S/C15H19ClFN3/c1-4-13-15(16)14(20(5-2)19-13)9-18-11-7-6-10(3)12(17)8-11/h6-8,18H,4-5,9H2,1-3H3. The molecular formula is C15H19ClFN3. The molecule has 0 spiro atoms.